The zero-order chi connectivity index (χ0) is 23.5. The smallest absolute Gasteiger partial charge is 0.372 e. The number of nitrogens with one attached hydrogen (secondary N) is 1. The molecule has 1 saturated heterocycles. The number of sulfonamides is 1. The van der Waals surface area contributed by atoms with Crippen LogP contribution in [0.3, 0.4) is 0 Å². The van der Waals surface area contributed by atoms with Gasteiger partial charge in [0.2, 0.25) is 15.9 Å². The lowest BCUT2D eigenvalue weighted by molar-refractivity contribution is -0.137. The second-order valence-electron chi connectivity index (χ2n) is 7.87. The number of nitrogens with zero attached hydrogens (tertiary/aromatic N) is 2. The van der Waals surface area contributed by atoms with Gasteiger partial charge in [-0.3, -0.25) is 9.10 Å². The van der Waals surface area contributed by atoms with E-state index in [9.17, 15) is 26.4 Å². The van der Waals surface area contributed by atoms with E-state index in [0.717, 1.165) is 56.1 Å². The monoisotopic (exact) mass is 469 g/mol. The molecule has 0 radical (unpaired) electrons. The number of hydrogen-bond donors (Lipinski definition) is 1. The van der Waals surface area contributed by atoms with Crippen LogP contribution in [0.5, 0.6) is 0 Å². The van der Waals surface area contributed by atoms with Crippen molar-refractivity contribution in [3.05, 3.63) is 54.1 Å². The fourth-order valence-electron chi connectivity index (χ4n) is 3.78. The SMILES string of the molecule is C[C@H](C(=O)Nc1ccc(N2CCCCC2)cc1)N(c1cccc(C(F)(F)F)c1)S(C)(=O)=O. The molecule has 1 N–H and O–H groups in total. The summed E-state index contributed by atoms with van der Waals surface area (Å²) in [5, 5.41) is 2.65. The van der Waals surface area contributed by atoms with Crippen LogP contribution in [0.4, 0.5) is 30.2 Å². The van der Waals surface area contributed by atoms with E-state index in [0.29, 0.717) is 9.99 Å². The number of anilines is 3. The topological polar surface area (TPSA) is 69.7 Å². The molecule has 0 bridgehead atoms. The second-order valence-corrected chi connectivity index (χ2v) is 9.73. The van der Waals surface area contributed by atoms with Crippen LogP contribution in [0.15, 0.2) is 48.5 Å². The molecule has 0 saturated carbocycles. The number of carbonyl (C=O) groups is 1. The molecule has 1 amide bonds. The van der Waals surface area contributed by atoms with Crippen molar-refractivity contribution in [3.63, 3.8) is 0 Å². The molecule has 0 aliphatic carbocycles. The highest BCUT2D eigenvalue weighted by Gasteiger charge is 2.34. The lowest BCUT2D eigenvalue weighted by Crippen LogP contribution is -2.45. The van der Waals surface area contributed by atoms with E-state index in [2.05, 4.69) is 10.2 Å². The van der Waals surface area contributed by atoms with E-state index in [1.54, 1.807) is 12.1 Å². The van der Waals surface area contributed by atoms with Gasteiger partial charge in [-0.1, -0.05) is 6.07 Å². The standard InChI is InChI=1S/C22H26F3N3O3S/c1-16(28(32(2,30)31)20-8-6-7-17(15-20)22(23,24)25)21(29)26-18-9-11-19(12-10-18)27-13-4-3-5-14-27/h6-12,15-16H,3-5,13-14H2,1-2H3,(H,26,29)/t16-/m1/s1. The first-order valence-electron chi connectivity index (χ1n) is 10.3. The Morgan fingerprint density at radius 1 is 1.06 bits per heavy atom. The fourth-order valence-corrected chi connectivity index (χ4v) is 4.95. The summed E-state index contributed by atoms with van der Waals surface area (Å²) >= 11 is 0. The minimum absolute atomic E-state index is 0.231. The largest absolute Gasteiger partial charge is 0.416 e. The molecule has 174 valence electrons. The van der Waals surface area contributed by atoms with Crippen LogP contribution in [0.25, 0.3) is 0 Å². The molecule has 10 heteroatoms. The molecular formula is C22H26F3N3O3S. The van der Waals surface area contributed by atoms with E-state index < -0.39 is 33.7 Å². The van der Waals surface area contributed by atoms with Gasteiger partial charge >= 0.3 is 6.18 Å². The molecule has 2 aromatic rings. The lowest BCUT2D eigenvalue weighted by atomic mass is 10.1. The van der Waals surface area contributed by atoms with E-state index in [1.807, 2.05) is 12.1 Å². The molecule has 2 aromatic carbocycles. The zero-order valence-corrected chi connectivity index (χ0v) is 18.7. The molecule has 1 fully saturated rings. The first kappa shape index (κ1) is 23.9. The molecule has 1 atom stereocenters. The minimum atomic E-state index is -4.64. The number of hydrogen-bond acceptors (Lipinski definition) is 4. The van der Waals surface area contributed by atoms with E-state index in [4.69, 9.17) is 0 Å². The van der Waals surface area contributed by atoms with Gasteiger partial charge in [-0.2, -0.15) is 13.2 Å². The van der Waals surface area contributed by atoms with Crippen LogP contribution in [0, 0.1) is 0 Å². The minimum Gasteiger partial charge on any atom is -0.372 e. The average molecular weight is 470 g/mol. The first-order chi connectivity index (χ1) is 15.0. The van der Waals surface area contributed by atoms with Crippen molar-refractivity contribution in [2.45, 2.75) is 38.4 Å². The highest BCUT2D eigenvalue weighted by molar-refractivity contribution is 7.92. The summed E-state index contributed by atoms with van der Waals surface area (Å²) in [6.45, 7) is 3.28. The van der Waals surface area contributed by atoms with Gasteiger partial charge in [-0.15, -0.1) is 0 Å². The van der Waals surface area contributed by atoms with E-state index in [-0.39, 0.29) is 5.69 Å². The molecule has 1 aliphatic heterocycles. The molecule has 6 nitrogen and oxygen atoms in total. The number of piperidine rings is 1. The third kappa shape index (κ3) is 5.73. The molecule has 0 unspecified atom stereocenters. The maximum Gasteiger partial charge on any atom is 0.416 e. The molecule has 0 spiro atoms. The molecule has 0 aromatic heterocycles. The van der Waals surface area contributed by atoms with E-state index >= 15 is 0 Å². The highest BCUT2D eigenvalue weighted by Crippen LogP contribution is 2.33. The lowest BCUT2D eigenvalue weighted by Gasteiger charge is -2.29. The summed E-state index contributed by atoms with van der Waals surface area (Å²) in [6, 6.07) is 9.85. The fraction of sp³-hybridized carbons (Fsp3) is 0.409. The Morgan fingerprint density at radius 2 is 1.69 bits per heavy atom. The first-order valence-corrected chi connectivity index (χ1v) is 12.1. The van der Waals surface area contributed by atoms with Crippen molar-refractivity contribution in [3.8, 4) is 0 Å². The Labute approximate surface area is 186 Å². The van der Waals surface area contributed by atoms with Gasteiger partial charge in [0.15, 0.2) is 0 Å². The highest BCUT2D eigenvalue weighted by atomic mass is 32.2. The number of carbonyl (C=O) groups excluding carboxylic acids is 1. The van der Waals surface area contributed by atoms with Gasteiger partial charge in [-0.25, -0.2) is 8.42 Å². The van der Waals surface area contributed by atoms with Gasteiger partial charge in [0.25, 0.3) is 0 Å². The van der Waals surface area contributed by atoms with Crippen LogP contribution in [0.1, 0.15) is 31.7 Å². The van der Waals surface area contributed by atoms with Crippen molar-refractivity contribution in [1.82, 2.24) is 0 Å². The Morgan fingerprint density at radius 3 is 2.25 bits per heavy atom. The number of halogens is 3. The normalized spacial score (nSPS) is 15.8. The van der Waals surface area contributed by atoms with Gasteiger partial charge in [0.1, 0.15) is 6.04 Å². The van der Waals surface area contributed by atoms with Gasteiger partial charge in [-0.05, 0) is 68.7 Å². The number of alkyl halides is 3. The summed E-state index contributed by atoms with van der Waals surface area (Å²) in [4.78, 5) is 15.1. The average Bonchev–Trinajstić information content (AvgIpc) is 2.73. The Hall–Kier alpha value is -2.75. The molecule has 32 heavy (non-hydrogen) atoms. The predicted molar refractivity (Wildman–Crippen MR) is 119 cm³/mol. The number of rotatable bonds is 6. The number of amides is 1. The van der Waals surface area contributed by atoms with Crippen LogP contribution < -0.4 is 14.5 Å². The van der Waals surface area contributed by atoms with Crippen LogP contribution in [-0.2, 0) is 21.0 Å². The summed E-state index contributed by atoms with van der Waals surface area (Å²) in [6.07, 6.45) is -0.309. The van der Waals surface area contributed by atoms with Crippen LogP contribution in [-0.4, -0.2) is 39.7 Å². The predicted octanol–water partition coefficient (Wildman–Crippen LogP) is 4.49. The molecular weight excluding hydrogens is 443 g/mol. The van der Waals surface area contributed by atoms with E-state index in [1.165, 1.54) is 19.4 Å². The maximum absolute atomic E-state index is 13.1. The zero-order valence-electron chi connectivity index (χ0n) is 17.9. The summed E-state index contributed by atoms with van der Waals surface area (Å²) in [7, 11) is -4.04. The Balaban J connectivity index is 1.78. The van der Waals surface area contributed by atoms with Crippen molar-refractivity contribution >= 4 is 33.0 Å². The molecule has 1 heterocycles. The summed E-state index contributed by atoms with van der Waals surface area (Å²) in [5.74, 6) is -0.654. The van der Waals surface area contributed by atoms with Gasteiger partial charge in [0, 0.05) is 24.5 Å². The quantitative estimate of drug-likeness (QED) is 0.677. The third-order valence-corrected chi connectivity index (χ3v) is 6.61. The van der Waals surface area contributed by atoms with Crippen molar-refractivity contribution in [2.75, 3.05) is 33.9 Å². The van der Waals surface area contributed by atoms with Crippen LogP contribution in [0.2, 0.25) is 0 Å². The maximum atomic E-state index is 13.1. The third-order valence-electron chi connectivity index (χ3n) is 5.37. The Kier molecular flexibility index (Phi) is 7.02. The van der Waals surface area contributed by atoms with Crippen LogP contribution >= 0.6 is 0 Å². The Bertz CT molecular complexity index is 1050. The molecule has 1 aliphatic rings. The summed E-state index contributed by atoms with van der Waals surface area (Å²) < 4.78 is 64.7. The van der Waals surface area contributed by atoms with Crippen molar-refractivity contribution in [1.29, 1.82) is 0 Å². The molecule has 3 rings (SSSR count). The van der Waals surface area contributed by atoms with Crippen molar-refractivity contribution < 1.29 is 26.4 Å². The summed E-state index contributed by atoms with van der Waals surface area (Å²) in [5.41, 5.74) is 0.285. The van der Waals surface area contributed by atoms with Gasteiger partial charge in [0.05, 0.1) is 17.5 Å². The number of benzene rings is 2. The van der Waals surface area contributed by atoms with Crippen molar-refractivity contribution in [2.24, 2.45) is 0 Å². The second kappa shape index (κ2) is 9.40. The van der Waals surface area contributed by atoms with Gasteiger partial charge < -0.3 is 10.2 Å².